The first-order valence-corrected chi connectivity index (χ1v) is 9.40. The van der Waals surface area contributed by atoms with Crippen LogP contribution in [0, 0.1) is 6.92 Å². The molecule has 1 aromatic carbocycles. The van der Waals surface area contributed by atoms with E-state index in [4.69, 9.17) is 0 Å². The Labute approximate surface area is 169 Å². The van der Waals surface area contributed by atoms with Crippen LogP contribution >= 0.6 is 0 Å². The van der Waals surface area contributed by atoms with Crippen LogP contribution in [-0.2, 0) is 6.54 Å². The minimum atomic E-state index is -4.61. The molecule has 1 aliphatic heterocycles. The molecule has 0 bridgehead atoms. The van der Waals surface area contributed by atoms with Gasteiger partial charge in [-0.3, -0.25) is 19.1 Å². The zero-order valence-electron chi connectivity index (χ0n) is 16.1. The summed E-state index contributed by atoms with van der Waals surface area (Å²) in [4.78, 5) is 39.8. The molecule has 2 aromatic heterocycles. The second-order valence-corrected chi connectivity index (χ2v) is 7.19. The number of alkyl halides is 3. The number of likely N-dealkylation sites (tertiary alicyclic amines) is 1. The molecule has 1 fully saturated rings. The van der Waals surface area contributed by atoms with Crippen molar-refractivity contribution in [2.24, 2.45) is 0 Å². The summed E-state index contributed by atoms with van der Waals surface area (Å²) < 4.78 is 40.4. The predicted molar refractivity (Wildman–Crippen MR) is 102 cm³/mol. The summed E-state index contributed by atoms with van der Waals surface area (Å²) in [5.74, 6) is -0.520. The minimum Gasteiger partial charge on any atom is -0.327 e. The summed E-state index contributed by atoms with van der Waals surface area (Å²) in [6, 6.07) is 5.49. The quantitative estimate of drug-likeness (QED) is 0.654. The number of carbonyl (C=O) groups is 1. The van der Waals surface area contributed by atoms with E-state index in [0.29, 0.717) is 35.2 Å². The van der Waals surface area contributed by atoms with E-state index < -0.39 is 30.2 Å². The zero-order chi connectivity index (χ0) is 21.5. The Morgan fingerprint density at radius 3 is 2.67 bits per heavy atom. The summed E-state index contributed by atoms with van der Waals surface area (Å²) >= 11 is 0. The molecule has 1 unspecified atom stereocenters. The number of hydrogen-bond acceptors (Lipinski definition) is 5. The van der Waals surface area contributed by atoms with Crippen molar-refractivity contribution >= 4 is 16.8 Å². The average molecular weight is 417 g/mol. The van der Waals surface area contributed by atoms with Gasteiger partial charge in [0.15, 0.2) is 0 Å². The Balaban J connectivity index is 1.82. The van der Waals surface area contributed by atoms with Crippen LogP contribution in [0.3, 0.4) is 0 Å². The Bertz CT molecular complexity index is 1160. The molecule has 156 valence electrons. The van der Waals surface area contributed by atoms with Gasteiger partial charge in [0, 0.05) is 12.7 Å². The minimum absolute atomic E-state index is 0.0676. The first-order chi connectivity index (χ1) is 14.2. The topological polar surface area (TPSA) is 81.0 Å². The fourth-order valence-electron chi connectivity index (χ4n) is 3.70. The number of rotatable bonds is 3. The first-order valence-electron chi connectivity index (χ1n) is 9.40. The second-order valence-electron chi connectivity index (χ2n) is 7.19. The van der Waals surface area contributed by atoms with Gasteiger partial charge in [0.25, 0.3) is 11.5 Å². The number of benzene rings is 1. The van der Waals surface area contributed by atoms with Crippen LogP contribution in [0.1, 0.15) is 40.9 Å². The molecule has 10 heteroatoms. The lowest BCUT2D eigenvalue weighted by atomic mass is 10.1. The highest BCUT2D eigenvalue weighted by Gasteiger charge is 2.37. The maximum atomic E-state index is 13.3. The molecule has 0 radical (unpaired) electrons. The molecule has 30 heavy (non-hydrogen) atoms. The van der Waals surface area contributed by atoms with Crippen molar-refractivity contribution in [1.29, 1.82) is 0 Å². The van der Waals surface area contributed by atoms with Crippen LogP contribution in [0.2, 0.25) is 0 Å². The first kappa shape index (κ1) is 20.0. The molecule has 0 spiro atoms. The van der Waals surface area contributed by atoms with Gasteiger partial charge in [-0.15, -0.1) is 0 Å². The number of aromatic nitrogens is 4. The zero-order valence-corrected chi connectivity index (χ0v) is 16.1. The lowest BCUT2D eigenvalue weighted by Gasteiger charge is -2.26. The number of amides is 1. The van der Waals surface area contributed by atoms with Gasteiger partial charge in [-0.05, 0) is 31.9 Å². The molecule has 1 aliphatic rings. The van der Waals surface area contributed by atoms with Gasteiger partial charge in [0.2, 0.25) is 0 Å². The van der Waals surface area contributed by atoms with E-state index in [0.717, 1.165) is 0 Å². The van der Waals surface area contributed by atoms with Crippen LogP contribution in [0.5, 0.6) is 0 Å². The molecule has 1 saturated heterocycles. The van der Waals surface area contributed by atoms with Crippen molar-refractivity contribution in [1.82, 2.24) is 24.4 Å². The fraction of sp³-hybridized carbons (Fsp3) is 0.350. The van der Waals surface area contributed by atoms with E-state index >= 15 is 0 Å². The number of nitrogens with zero attached hydrogens (tertiary/aromatic N) is 5. The summed E-state index contributed by atoms with van der Waals surface area (Å²) in [6.45, 7) is 0.588. The highest BCUT2D eigenvalue weighted by molar-refractivity contribution is 5.92. The van der Waals surface area contributed by atoms with Crippen LogP contribution in [0.15, 0.2) is 41.5 Å². The van der Waals surface area contributed by atoms with Gasteiger partial charge >= 0.3 is 6.18 Å². The van der Waals surface area contributed by atoms with Crippen molar-refractivity contribution < 1.29 is 18.0 Å². The smallest absolute Gasteiger partial charge is 0.327 e. The predicted octanol–water partition coefficient (Wildman–Crippen LogP) is 3.03. The summed E-state index contributed by atoms with van der Waals surface area (Å²) in [7, 11) is 0. The SMILES string of the molecule is Cc1cnc(C(=O)N2CCCC2c2nc3ccccc3c(=O)n2CC(F)(F)F)cn1. The van der Waals surface area contributed by atoms with Crippen LogP contribution in [0.4, 0.5) is 13.2 Å². The van der Waals surface area contributed by atoms with Gasteiger partial charge in [-0.25, -0.2) is 9.97 Å². The molecule has 7 nitrogen and oxygen atoms in total. The Morgan fingerprint density at radius 2 is 1.97 bits per heavy atom. The summed E-state index contributed by atoms with van der Waals surface area (Å²) in [6.07, 6.45) is -0.855. The van der Waals surface area contributed by atoms with Gasteiger partial charge in [0.05, 0.1) is 28.8 Å². The van der Waals surface area contributed by atoms with Gasteiger partial charge in [-0.1, -0.05) is 12.1 Å². The number of carbonyl (C=O) groups excluding carboxylic acids is 1. The summed E-state index contributed by atoms with van der Waals surface area (Å²) in [5, 5.41) is 0.103. The molecular weight excluding hydrogens is 399 g/mol. The highest BCUT2D eigenvalue weighted by Crippen LogP contribution is 2.33. The van der Waals surface area contributed by atoms with E-state index in [1.807, 2.05) is 0 Å². The van der Waals surface area contributed by atoms with E-state index in [9.17, 15) is 22.8 Å². The lowest BCUT2D eigenvalue weighted by Crippen LogP contribution is -2.38. The molecule has 3 aromatic rings. The number of hydrogen-bond donors (Lipinski definition) is 0. The molecule has 1 amide bonds. The third kappa shape index (κ3) is 3.77. The van der Waals surface area contributed by atoms with Crippen molar-refractivity contribution in [3.63, 3.8) is 0 Å². The molecular formula is C20H18F3N5O2. The van der Waals surface area contributed by atoms with Crippen LogP contribution in [-0.4, -0.2) is 43.0 Å². The summed E-state index contributed by atoms with van der Waals surface area (Å²) in [5.41, 5.74) is 0.255. The maximum Gasteiger partial charge on any atom is 0.406 e. The molecule has 0 aliphatic carbocycles. The maximum absolute atomic E-state index is 13.3. The van der Waals surface area contributed by atoms with Gasteiger partial charge in [0.1, 0.15) is 18.1 Å². The van der Waals surface area contributed by atoms with Crippen LogP contribution < -0.4 is 5.56 Å². The Morgan fingerprint density at radius 1 is 1.20 bits per heavy atom. The third-order valence-corrected chi connectivity index (χ3v) is 5.04. The number of fused-ring (bicyclic) bond motifs is 1. The van der Waals surface area contributed by atoms with Crippen molar-refractivity contribution in [3.05, 3.63) is 64.2 Å². The number of aryl methyl sites for hydroxylation is 1. The molecule has 0 N–H and O–H groups in total. The van der Waals surface area contributed by atoms with Gasteiger partial charge in [-0.2, -0.15) is 13.2 Å². The third-order valence-electron chi connectivity index (χ3n) is 5.04. The number of para-hydroxylation sites is 1. The molecule has 3 heterocycles. The van der Waals surface area contributed by atoms with Crippen molar-refractivity contribution in [2.45, 2.75) is 38.5 Å². The van der Waals surface area contributed by atoms with Crippen molar-refractivity contribution in [3.8, 4) is 0 Å². The van der Waals surface area contributed by atoms with Gasteiger partial charge < -0.3 is 4.90 Å². The lowest BCUT2D eigenvalue weighted by molar-refractivity contribution is -0.141. The Kier molecular flexibility index (Phi) is 5.00. The van der Waals surface area contributed by atoms with Crippen LogP contribution in [0.25, 0.3) is 10.9 Å². The van der Waals surface area contributed by atoms with E-state index in [1.54, 1.807) is 25.1 Å². The van der Waals surface area contributed by atoms with E-state index in [1.165, 1.54) is 23.4 Å². The molecule has 1 atom stereocenters. The molecule has 0 saturated carbocycles. The Hall–Kier alpha value is -3.30. The highest BCUT2D eigenvalue weighted by atomic mass is 19.4. The number of halogens is 3. The fourth-order valence-corrected chi connectivity index (χ4v) is 3.70. The standard InChI is InChI=1S/C20H18F3N5O2/c1-12-9-25-15(10-24-12)19(30)27-8-4-7-16(27)17-26-14-6-3-2-5-13(14)18(29)28(17)11-20(21,22)23/h2-3,5-6,9-10,16H,4,7-8,11H2,1H3. The normalized spacial score (nSPS) is 16.9. The van der Waals surface area contributed by atoms with E-state index in [-0.39, 0.29) is 16.9 Å². The average Bonchev–Trinajstić information content (AvgIpc) is 3.19. The second kappa shape index (κ2) is 7.51. The van der Waals surface area contributed by atoms with E-state index in [2.05, 4.69) is 15.0 Å². The monoisotopic (exact) mass is 417 g/mol. The largest absolute Gasteiger partial charge is 0.406 e. The van der Waals surface area contributed by atoms with Crippen molar-refractivity contribution in [2.75, 3.05) is 6.54 Å². The molecule has 4 rings (SSSR count).